The first-order valence-corrected chi connectivity index (χ1v) is 9.92. The number of fused-ring (bicyclic) bond motifs is 1. The van der Waals surface area contributed by atoms with Crippen molar-refractivity contribution < 1.29 is 32.2 Å². The van der Waals surface area contributed by atoms with E-state index in [0.717, 1.165) is 12.3 Å². The largest absolute Gasteiger partial charge is 0.482 e. The third kappa shape index (κ3) is 4.51. The number of carbonyl (C=O) groups is 1. The summed E-state index contributed by atoms with van der Waals surface area (Å²) in [7, 11) is 0. The minimum Gasteiger partial charge on any atom is -0.482 e. The van der Waals surface area contributed by atoms with Gasteiger partial charge in [-0.25, -0.2) is 4.39 Å². The molecule has 0 saturated carbocycles. The van der Waals surface area contributed by atoms with E-state index in [1.807, 2.05) is 0 Å². The lowest BCUT2D eigenvalue weighted by Crippen LogP contribution is -2.24. The second-order valence-electron chi connectivity index (χ2n) is 8.08. The summed E-state index contributed by atoms with van der Waals surface area (Å²) in [6.45, 7) is 1.43. The van der Waals surface area contributed by atoms with Gasteiger partial charge in [-0.2, -0.15) is 13.2 Å². The van der Waals surface area contributed by atoms with Crippen molar-refractivity contribution in [2.24, 2.45) is 0 Å². The Hall–Kier alpha value is -3.53. The predicted molar refractivity (Wildman–Crippen MR) is 111 cm³/mol. The molecule has 1 amide bonds. The highest BCUT2D eigenvalue weighted by atomic mass is 19.4. The fraction of sp³-hybridized carbons (Fsp3) is 0.261. The number of anilines is 1. The van der Waals surface area contributed by atoms with Crippen LogP contribution < -0.4 is 9.64 Å². The van der Waals surface area contributed by atoms with E-state index >= 15 is 0 Å². The number of carbonyl (C=O) groups excluding carboxylic acids is 1. The second-order valence-corrected chi connectivity index (χ2v) is 8.08. The van der Waals surface area contributed by atoms with E-state index in [9.17, 15) is 27.5 Å². The topological polar surface area (TPSA) is 75.6 Å². The van der Waals surface area contributed by atoms with E-state index in [1.54, 1.807) is 0 Å². The van der Waals surface area contributed by atoms with E-state index in [-0.39, 0.29) is 34.8 Å². The van der Waals surface area contributed by atoms with Crippen molar-refractivity contribution in [3.05, 3.63) is 71.4 Å². The van der Waals surface area contributed by atoms with Gasteiger partial charge in [-0.1, -0.05) is 6.07 Å². The number of halogens is 4. The Morgan fingerprint density at radius 1 is 1.12 bits per heavy atom. The van der Waals surface area contributed by atoms with E-state index in [2.05, 4.69) is 9.97 Å². The minimum absolute atomic E-state index is 0.0275. The predicted octanol–water partition coefficient (Wildman–Crippen LogP) is 4.61. The maximum atomic E-state index is 14.6. The molecule has 4 rings (SSSR count). The molecule has 1 aromatic carbocycles. The molecular weight excluding hydrogens is 442 g/mol. The summed E-state index contributed by atoms with van der Waals surface area (Å²) < 4.78 is 57.5. The molecule has 0 bridgehead atoms. The average Bonchev–Trinajstić information content (AvgIpc) is 3.08. The molecule has 3 aromatic rings. The lowest BCUT2D eigenvalue weighted by molar-refractivity contribution is -0.153. The van der Waals surface area contributed by atoms with Crippen molar-refractivity contribution in [2.45, 2.75) is 32.2 Å². The number of hydrogen-bond donors (Lipinski definition) is 1. The van der Waals surface area contributed by atoms with Crippen LogP contribution in [0.3, 0.4) is 0 Å². The first-order chi connectivity index (χ1) is 15.5. The molecule has 1 aliphatic heterocycles. The maximum absolute atomic E-state index is 14.6. The highest BCUT2D eigenvalue weighted by Gasteiger charge is 2.34. The number of aromatic nitrogens is 2. The molecule has 3 heterocycles. The lowest BCUT2D eigenvalue weighted by atomic mass is 9.97. The van der Waals surface area contributed by atoms with Crippen LogP contribution in [-0.2, 0) is 12.1 Å². The number of ether oxygens (including phenoxy) is 1. The fourth-order valence-corrected chi connectivity index (χ4v) is 3.69. The number of rotatable bonds is 5. The molecule has 10 heteroatoms. The monoisotopic (exact) mass is 461 g/mol. The SMILES string of the molecule is CC(C)(O)c1ccc(N2Cc3c(ccnc3-c3ccncc3OCC(F)(F)F)C2=O)cc1F. The van der Waals surface area contributed by atoms with Gasteiger partial charge in [-0.15, -0.1) is 0 Å². The molecule has 0 aliphatic carbocycles. The van der Waals surface area contributed by atoms with Gasteiger partial charge in [0, 0.05) is 40.3 Å². The van der Waals surface area contributed by atoms with Crippen LogP contribution in [0.2, 0.25) is 0 Å². The molecule has 33 heavy (non-hydrogen) atoms. The van der Waals surface area contributed by atoms with Crippen LogP contribution in [-0.4, -0.2) is 33.8 Å². The first kappa shape index (κ1) is 22.7. The normalized spacial score (nSPS) is 13.9. The summed E-state index contributed by atoms with van der Waals surface area (Å²) in [6.07, 6.45) is -0.621. The number of hydrogen-bond acceptors (Lipinski definition) is 5. The molecule has 0 fully saturated rings. The zero-order chi connectivity index (χ0) is 24.0. The molecule has 0 unspecified atom stereocenters. The molecule has 0 atom stereocenters. The molecule has 1 aliphatic rings. The van der Waals surface area contributed by atoms with Crippen LogP contribution in [0.5, 0.6) is 5.75 Å². The van der Waals surface area contributed by atoms with Crippen LogP contribution >= 0.6 is 0 Å². The smallest absolute Gasteiger partial charge is 0.422 e. The van der Waals surface area contributed by atoms with Crippen molar-refractivity contribution in [1.82, 2.24) is 9.97 Å². The first-order valence-electron chi connectivity index (χ1n) is 9.92. The second kappa shape index (κ2) is 8.11. The molecular formula is C23H19F4N3O3. The number of aliphatic hydroxyl groups is 1. The van der Waals surface area contributed by atoms with E-state index in [1.165, 1.54) is 55.4 Å². The Balaban J connectivity index is 1.71. The zero-order valence-electron chi connectivity index (χ0n) is 17.7. The summed E-state index contributed by atoms with van der Waals surface area (Å²) >= 11 is 0. The third-order valence-electron chi connectivity index (χ3n) is 5.20. The molecule has 0 saturated heterocycles. The van der Waals surface area contributed by atoms with E-state index in [0.29, 0.717) is 11.1 Å². The van der Waals surface area contributed by atoms with Gasteiger partial charge >= 0.3 is 6.18 Å². The Labute approximate surface area is 186 Å². The number of alkyl halides is 3. The number of nitrogens with zero attached hydrogens (tertiary/aromatic N) is 3. The number of pyridine rings is 2. The molecule has 6 nitrogen and oxygen atoms in total. The quantitative estimate of drug-likeness (QED) is 0.562. The van der Waals surface area contributed by atoms with Gasteiger partial charge < -0.3 is 14.7 Å². The molecule has 0 spiro atoms. The van der Waals surface area contributed by atoms with Crippen LogP contribution in [0.15, 0.2) is 48.9 Å². The van der Waals surface area contributed by atoms with Gasteiger partial charge in [0.25, 0.3) is 5.91 Å². The maximum Gasteiger partial charge on any atom is 0.422 e. The van der Waals surface area contributed by atoms with Crippen molar-refractivity contribution >= 4 is 11.6 Å². The summed E-state index contributed by atoms with van der Waals surface area (Å²) in [5.41, 5.74) is 0.257. The van der Waals surface area contributed by atoms with Gasteiger partial charge in [0.05, 0.1) is 24.0 Å². The zero-order valence-corrected chi connectivity index (χ0v) is 17.7. The highest BCUT2D eigenvalue weighted by molar-refractivity contribution is 6.11. The van der Waals surface area contributed by atoms with Crippen molar-refractivity contribution in [3.8, 4) is 17.0 Å². The molecule has 0 radical (unpaired) electrons. The Morgan fingerprint density at radius 2 is 1.85 bits per heavy atom. The Kier molecular flexibility index (Phi) is 5.57. The lowest BCUT2D eigenvalue weighted by Gasteiger charge is -2.21. The van der Waals surface area contributed by atoms with Crippen molar-refractivity contribution in [2.75, 3.05) is 11.5 Å². The summed E-state index contributed by atoms with van der Waals surface area (Å²) in [5, 5.41) is 10.1. The number of amides is 1. The van der Waals surface area contributed by atoms with Crippen LogP contribution in [0.25, 0.3) is 11.3 Å². The minimum atomic E-state index is -4.54. The third-order valence-corrected chi connectivity index (χ3v) is 5.20. The standard InChI is InChI=1S/C23H19F4N3O3/c1-22(2,32)17-4-3-13(9-18(17)24)30-11-16-14(21(30)31)6-8-29-20(16)15-5-7-28-10-19(15)33-12-23(25,26)27/h3-10,32H,11-12H2,1-2H3. The summed E-state index contributed by atoms with van der Waals surface area (Å²) in [6, 6.07) is 7.05. The van der Waals surface area contributed by atoms with Crippen molar-refractivity contribution in [3.63, 3.8) is 0 Å². The summed E-state index contributed by atoms with van der Waals surface area (Å²) in [4.78, 5) is 22.5. The molecule has 2 aromatic heterocycles. The van der Waals surface area contributed by atoms with Crippen molar-refractivity contribution in [1.29, 1.82) is 0 Å². The van der Waals surface area contributed by atoms with Crippen LogP contribution in [0.1, 0.15) is 35.3 Å². The Morgan fingerprint density at radius 3 is 2.52 bits per heavy atom. The van der Waals surface area contributed by atoms with Gasteiger partial charge in [0.1, 0.15) is 11.6 Å². The molecule has 1 N–H and O–H groups in total. The highest BCUT2D eigenvalue weighted by Crippen LogP contribution is 2.38. The Bertz CT molecular complexity index is 1220. The van der Waals surface area contributed by atoms with Gasteiger partial charge in [-0.3, -0.25) is 14.8 Å². The fourth-order valence-electron chi connectivity index (χ4n) is 3.69. The number of benzene rings is 1. The van der Waals surface area contributed by atoms with Gasteiger partial charge in [-0.05, 0) is 38.1 Å². The average molecular weight is 461 g/mol. The molecule has 172 valence electrons. The van der Waals surface area contributed by atoms with E-state index in [4.69, 9.17) is 4.74 Å². The van der Waals surface area contributed by atoms with Gasteiger partial charge in [0.15, 0.2) is 6.61 Å². The van der Waals surface area contributed by atoms with Crippen LogP contribution in [0.4, 0.5) is 23.2 Å². The van der Waals surface area contributed by atoms with E-state index < -0.39 is 30.1 Å². The van der Waals surface area contributed by atoms with Crippen LogP contribution in [0, 0.1) is 5.82 Å². The van der Waals surface area contributed by atoms with Gasteiger partial charge in [0.2, 0.25) is 0 Å². The summed E-state index contributed by atoms with van der Waals surface area (Å²) in [5.74, 6) is -1.20.